The Morgan fingerprint density at radius 2 is 1.31 bits per heavy atom. The van der Waals surface area contributed by atoms with Gasteiger partial charge in [0.2, 0.25) is 0 Å². The number of nitrogens with two attached hydrogens (primary N) is 1. The van der Waals surface area contributed by atoms with Crippen molar-refractivity contribution in [1.82, 2.24) is 4.57 Å². The van der Waals surface area contributed by atoms with E-state index in [2.05, 4.69) is 126 Å². The number of nitrogens with zero attached hydrogens (tertiary/aromatic N) is 2. The van der Waals surface area contributed by atoms with Gasteiger partial charge in [0.1, 0.15) is 0 Å². The maximum Gasteiger partial charge on any atom is 0.0862 e. The largest absolute Gasteiger partial charge is 0.397 e. The van der Waals surface area contributed by atoms with E-state index in [0.717, 1.165) is 23.4 Å². The third-order valence-corrected chi connectivity index (χ3v) is 8.56. The summed E-state index contributed by atoms with van der Waals surface area (Å²) in [4.78, 5) is 5.23. The van der Waals surface area contributed by atoms with Crippen molar-refractivity contribution in [2.75, 3.05) is 5.73 Å². The number of hydrogen-bond donors (Lipinski definition) is 1. The first-order chi connectivity index (χ1) is 20.8. The van der Waals surface area contributed by atoms with Crippen molar-refractivity contribution in [3.63, 3.8) is 0 Å². The molecule has 0 amide bonds. The van der Waals surface area contributed by atoms with Crippen molar-refractivity contribution < 1.29 is 0 Å². The van der Waals surface area contributed by atoms with Gasteiger partial charge in [-0.1, -0.05) is 115 Å². The van der Waals surface area contributed by atoms with Crippen LogP contribution in [0.2, 0.25) is 0 Å². The van der Waals surface area contributed by atoms with E-state index >= 15 is 0 Å². The van der Waals surface area contributed by atoms with E-state index in [9.17, 15) is 0 Å². The Balaban J connectivity index is 1.42. The lowest BCUT2D eigenvalue weighted by Gasteiger charge is -2.19. The molecule has 1 atom stereocenters. The van der Waals surface area contributed by atoms with Gasteiger partial charge in [-0.3, -0.25) is 4.99 Å². The van der Waals surface area contributed by atoms with E-state index in [1.807, 2.05) is 24.3 Å². The fourth-order valence-electron chi connectivity index (χ4n) is 6.72. The molecule has 0 bridgehead atoms. The van der Waals surface area contributed by atoms with E-state index in [1.54, 1.807) is 0 Å². The first-order valence-electron chi connectivity index (χ1n) is 14.5. The molecule has 3 heteroatoms. The van der Waals surface area contributed by atoms with Gasteiger partial charge in [-0.15, -0.1) is 0 Å². The van der Waals surface area contributed by atoms with Gasteiger partial charge in [-0.25, -0.2) is 0 Å². The molecule has 7 aromatic rings. The summed E-state index contributed by atoms with van der Waals surface area (Å²) in [6.07, 6.45) is 0.748. The first-order valence-corrected chi connectivity index (χ1v) is 14.5. The number of para-hydroxylation sites is 4. The minimum atomic E-state index is 0.121. The van der Waals surface area contributed by atoms with Crippen LogP contribution in [0.3, 0.4) is 0 Å². The summed E-state index contributed by atoms with van der Waals surface area (Å²) in [6.45, 7) is 0. The van der Waals surface area contributed by atoms with Crippen molar-refractivity contribution in [1.29, 1.82) is 0 Å². The second-order valence-corrected chi connectivity index (χ2v) is 10.9. The van der Waals surface area contributed by atoms with Crippen molar-refractivity contribution in [2.45, 2.75) is 12.3 Å². The lowest BCUT2D eigenvalue weighted by atomic mass is 9.88. The lowest BCUT2D eigenvalue weighted by Crippen LogP contribution is -2.10. The predicted octanol–water partition coefficient (Wildman–Crippen LogP) is 9.69. The molecule has 2 N–H and O–H groups in total. The van der Waals surface area contributed by atoms with Gasteiger partial charge in [0.05, 0.1) is 22.4 Å². The second kappa shape index (κ2) is 9.90. The number of hydrogen-bond acceptors (Lipinski definition) is 2. The van der Waals surface area contributed by atoms with Gasteiger partial charge >= 0.3 is 0 Å². The van der Waals surface area contributed by atoms with Crippen LogP contribution in [-0.4, -0.2) is 10.3 Å². The average Bonchev–Trinajstić information content (AvgIpc) is 3.55. The molecule has 1 aliphatic rings. The summed E-state index contributed by atoms with van der Waals surface area (Å²) < 4.78 is 2.46. The van der Waals surface area contributed by atoms with Crippen LogP contribution in [0.1, 0.15) is 29.0 Å². The van der Waals surface area contributed by atoms with Gasteiger partial charge in [0.15, 0.2) is 0 Å². The topological polar surface area (TPSA) is 43.3 Å². The molecule has 0 spiro atoms. The van der Waals surface area contributed by atoms with Crippen LogP contribution in [0.5, 0.6) is 0 Å². The van der Waals surface area contributed by atoms with Crippen LogP contribution in [0.4, 0.5) is 11.4 Å². The maximum absolute atomic E-state index is 6.40. The molecule has 0 radical (unpaired) electrons. The summed E-state index contributed by atoms with van der Waals surface area (Å²) in [7, 11) is 0. The smallest absolute Gasteiger partial charge is 0.0862 e. The summed E-state index contributed by atoms with van der Waals surface area (Å²) in [6, 6.07) is 51.4. The third-order valence-electron chi connectivity index (χ3n) is 8.56. The Labute approximate surface area is 245 Å². The standard InChI is InChI=1S/C39H29N3/c40-34-20-10-11-21-35(34)41-36(26-13-3-1-4-14-26)25-33-29-18-8-7-17-28(29)31-23-24-32-30-19-9-12-22-37(30)42(39(32)38(31)33)27-15-5-2-6-16-27/h1-24,33H,25,40H2/b41-36+. The molecule has 0 fully saturated rings. The van der Waals surface area contributed by atoms with Crippen molar-refractivity contribution in [2.24, 2.45) is 4.99 Å². The van der Waals surface area contributed by atoms with E-state index < -0.39 is 0 Å². The van der Waals surface area contributed by atoms with E-state index in [-0.39, 0.29) is 5.92 Å². The molecule has 0 saturated carbocycles. The number of aliphatic imine (C=N–C) groups is 1. The van der Waals surface area contributed by atoms with Crippen LogP contribution >= 0.6 is 0 Å². The fourth-order valence-corrected chi connectivity index (χ4v) is 6.72. The molecule has 6 aromatic carbocycles. The van der Waals surface area contributed by atoms with Crippen LogP contribution in [0, 0.1) is 0 Å². The molecule has 1 heterocycles. The lowest BCUT2D eigenvalue weighted by molar-refractivity contribution is 0.884. The Kier molecular flexibility index (Phi) is 5.75. The molecular formula is C39H29N3. The Morgan fingerprint density at radius 3 is 2.14 bits per heavy atom. The highest BCUT2D eigenvalue weighted by molar-refractivity contribution is 6.13. The van der Waals surface area contributed by atoms with Gasteiger partial charge < -0.3 is 10.3 Å². The highest BCUT2D eigenvalue weighted by Gasteiger charge is 2.33. The van der Waals surface area contributed by atoms with Crippen molar-refractivity contribution >= 4 is 38.9 Å². The fraction of sp³-hybridized carbons (Fsp3) is 0.0513. The monoisotopic (exact) mass is 539 g/mol. The highest BCUT2D eigenvalue weighted by Crippen LogP contribution is 2.51. The number of aromatic nitrogens is 1. The van der Waals surface area contributed by atoms with Crippen LogP contribution < -0.4 is 5.73 Å². The zero-order chi connectivity index (χ0) is 28.0. The SMILES string of the molecule is Nc1ccccc1/N=C(\CC1c2ccccc2-c2ccc3c4ccccc4n(-c4ccccc4)c3c21)c1ccccc1. The maximum atomic E-state index is 6.40. The molecule has 8 rings (SSSR count). The zero-order valence-electron chi connectivity index (χ0n) is 23.1. The molecule has 0 saturated heterocycles. The Morgan fingerprint density at radius 1 is 0.619 bits per heavy atom. The molecule has 1 unspecified atom stereocenters. The number of rotatable bonds is 5. The van der Waals surface area contributed by atoms with E-state index in [1.165, 1.54) is 49.7 Å². The molecule has 0 aliphatic heterocycles. The van der Waals surface area contributed by atoms with E-state index in [4.69, 9.17) is 10.7 Å². The number of fused-ring (bicyclic) bond motifs is 7. The van der Waals surface area contributed by atoms with Crippen LogP contribution in [0.15, 0.2) is 151 Å². The van der Waals surface area contributed by atoms with Gasteiger partial charge in [-0.2, -0.15) is 0 Å². The van der Waals surface area contributed by atoms with E-state index in [0.29, 0.717) is 5.69 Å². The average molecular weight is 540 g/mol. The zero-order valence-corrected chi connectivity index (χ0v) is 23.1. The number of anilines is 1. The van der Waals surface area contributed by atoms with Gasteiger partial charge in [0, 0.05) is 34.5 Å². The van der Waals surface area contributed by atoms with Crippen molar-refractivity contribution in [3.05, 3.63) is 162 Å². The summed E-state index contributed by atoms with van der Waals surface area (Å²) in [5.74, 6) is 0.121. The minimum Gasteiger partial charge on any atom is -0.397 e. The van der Waals surface area contributed by atoms with Gasteiger partial charge in [0.25, 0.3) is 0 Å². The predicted molar refractivity (Wildman–Crippen MR) is 176 cm³/mol. The number of nitrogen functional groups attached to an aromatic ring is 1. The summed E-state index contributed by atoms with van der Waals surface area (Å²) in [5.41, 5.74) is 19.0. The molecule has 200 valence electrons. The Hall–Kier alpha value is -5.41. The van der Waals surface area contributed by atoms with Gasteiger partial charge in [-0.05, 0) is 58.1 Å². The second-order valence-electron chi connectivity index (χ2n) is 10.9. The van der Waals surface area contributed by atoms with Crippen LogP contribution in [0.25, 0.3) is 38.6 Å². The molecule has 1 aromatic heterocycles. The quantitative estimate of drug-likeness (QED) is 0.172. The Bertz CT molecular complexity index is 2120. The highest BCUT2D eigenvalue weighted by atomic mass is 15.0. The number of benzene rings is 6. The summed E-state index contributed by atoms with van der Waals surface area (Å²) >= 11 is 0. The third kappa shape index (κ3) is 3.86. The molecule has 42 heavy (non-hydrogen) atoms. The molecular weight excluding hydrogens is 510 g/mol. The minimum absolute atomic E-state index is 0.121. The van der Waals surface area contributed by atoms with Crippen LogP contribution in [-0.2, 0) is 0 Å². The summed E-state index contributed by atoms with van der Waals surface area (Å²) in [5, 5.41) is 2.54. The first kappa shape index (κ1) is 24.4. The molecule has 3 nitrogen and oxygen atoms in total. The molecule has 1 aliphatic carbocycles. The normalized spacial score (nSPS) is 14.3. The van der Waals surface area contributed by atoms with Crippen molar-refractivity contribution in [3.8, 4) is 16.8 Å².